The lowest BCUT2D eigenvalue weighted by Crippen LogP contribution is -2.16. The average molecular weight is 371 g/mol. The number of nitrogens with one attached hydrogen (secondary N) is 1. The number of carbonyl (C=O) groups excluding carboxylic acids is 1. The van der Waals surface area contributed by atoms with Gasteiger partial charge in [-0.3, -0.25) is 9.78 Å². The summed E-state index contributed by atoms with van der Waals surface area (Å²) in [5, 5.41) is 8.38. The maximum Gasteiger partial charge on any atom is 0.259 e. The third kappa shape index (κ3) is 3.13. The molecule has 0 atom stereocenters. The number of amides is 1. The number of anilines is 1. The van der Waals surface area contributed by atoms with Crippen LogP contribution in [0.25, 0.3) is 16.7 Å². The fraction of sp³-hybridized carbons (Fsp3) is 0.182. The van der Waals surface area contributed by atoms with Crippen molar-refractivity contribution < 1.29 is 4.79 Å². The first-order valence-corrected chi connectivity index (χ1v) is 9.21. The molecule has 4 rings (SSSR count). The van der Waals surface area contributed by atoms with Gasteiger partial charge in [0.2, 0.25) is 0 Å². The van der Waals surface area contributed by atoms with Gasteiger partial charge in [-0.25, -0.2) is 9.67 Å². The van der Waals surface area contributed by atoms with Crippen molar-refractivity contribution in [1.82, 2.24) is 19.7 Å². The summed E-state index contributed by atoms with van der Waals surface area (Å²) < 4.78 is 1.73. The Bertz CT molecular complexity index is 1150. The van der Waals surface area contributed by atoms with Crippen molar-refractivity contribution in [3.05, 3.63) is 77.9 Å². The van der Waals surface area contributed by atoms with Crippen LogP contribution in [-0.2, 0) is 0 Å². The molecule has 3 aromatic heterocycles. The fourth-order valence-electron chi connectivity index (χ4n) is 3.36. The Morgan fingerprint density at radius 1 is 1.04 bits per heavy atom. The smallest absolute Gasteiger partial charge is 0.259 e. The van der Waals surface area contributed by atoms with Crippen LogP contribution in [0.5, 0.6) is 0 Å². The first-order chi connectivity index (χ1) is 13.6. The molecule has 6 nitrogen and oxygen atoms in total. The van der Waals surface area contributed by atoms with Crippen LogP contribution in [0.4, 0.5) is 5.69 Å². The normalized spacial score (nSPS) is 11.1. The van der Waals surface area contributed by atoms with Gasteiger partial charge in [0.25, 0.3) is 5.91 Å². The van der Waals surface area contributed by atoms with Crippen molar-refractivity contribution in [1.29, 1.82) is 0 Å². The highest BCUT2D eigenvalue weighted by atomic mass is 16.1. The number of aryl methyl sites for hydroxylation is 1. The highest BCUT2D eigenvalue weighted by Gasteiger charge is 2.22. The number of fused-ring (bicyclic) bond motifs is 1. The van der Waals surface area contributed by atoms with Gasteiger partial charge >= 0.3 is 0 Å². The van der Waals surface area contributed by atoms with E-state index >= 15 is 0 Å². The number of aromatic nitrogens is 4. The summed E-state index contributed by atoms with van der Waals surface area (Å²) in [5.41, 5.74) is 4.05. The summed E-state index contributed by atoms with van der Waals surface area (Å²) >= 11 is 0. The standard InChI is InChI=1S/C22H21N5O/c1-14(2)21-17(13-25-27(21)19-8-4-5-11-23-19)22(28)26-18-10-9-15(3)20-16(18)7-6-12-24-20/h4-14H,1-3H3,(H,26,28). The largest absolute Gasteiger partial charge is 0.321 e. The molecule has 0 aliphatic heterocycles. The van der Waals surface area contributed by atoms with Gasteiger partial charge in [0, 0.05) is 17.8 Å². The summed E-state index contributed by atoms with van der Waals surface area (Å²) in [7, 11) is 0. The molecule has 0 spiro atoms. The second-order valence-corrected chi connectivity index (χ2v) is 6.98. The lowest BCUT2D eigenvalue weighted by atomic mass is 10.0. The summed E-state index contributed by atoms with van der Waals surface area (Å²) in [5.74, 6) is 0.594. The van der Waals surface area contributed by atoms with Crippen LogP contribution >= 0.6 is 0 Å². The fourth-order valence-corrected chi connectivity index (χ4v) is 3.36. The number of nitrogens with zero attached hydrogens (tertiary/aromatic N) is 4. The van der Waals surface area contributed by atoms with Gasteiger partial charge in [-0.15, -0.1) is 0 Å². The van der Waals surface area contributed by atoms with Crippen molar-refractivity contribution in [2.45, 2.75) is 26.7 Å². The van der Waals surface area contributed by atoms with Crippen LogP contribution in [0.3, 0.4) is 0 Å². The lowest BCUT2D eigenvalue weighted by Gasteiger charge is -2.13. The third-order valence-corrected chi connectivity index (χ3v) is 4.68. The minimum Gasteiger partial charge on any atom is -0.321 e. The van der Waals surface area contributed by atoms with Crippen molar-refractivity contribution in [2.75, 3.05) is 5.32 Å². The van der Waals surface area contributed by atoms with Crippen molar-refractivity contribution >= 4 is 22.5 Å². The molecule has 1 N–H and O–H groups in total. The SMILES string of the molecule is Cc1ccc(NC(=O)c2cnn(-c3ccccn3)c2C(C)C)c2cccnc12. The Morgan fingerprint density at radius 2 is 1.86 bits per heavy atom. The van der Waals surface area contributed by atoms with Crippen LogP contribution in [0, 0.1) is 6.92 Å². The maximum absolute atomic E-state index is 13.1. The van der Waals surface area contributed by atoms with Gasteiger partial charge in [0.1, 0.15) is 0 Å². The van der Waals surface area contributed by atoms with E-state index in [9.17, 15) is 4.79 Å². The molecular formula is C22H21N5O. The van der Waals surface area contributed by atoms with Crippen LogP contribution in [0.1, 0.15) is 41.4 Å². The molecule has 6 heteroatoms. The van der Waals surface area contributed by atoms with E-state index in [1.54, 1.807) is 23.3 Å². The highest BCUT2D eigenvalue weighted by molar-refractivity contribution is 6.09. The van der Waals surface area contributed by atoms with Crippen molar-refractivity contribution in [2.24, 2.45) is 0 Å². The van der Waals surface area contributed by atoms with E-state index in [2.05, 4.69) is 20.4 Å². The molecule has 0 bridgehead atoms. The Morgan fingerprint density at radius 3 is 2.61 bits per heavy atom. The Kier molecular flexibility index (Phi) is 4.61. The molecule has 0 aliphatic rings. The molecule has 1 aromatic carbocycles. The van der Waals surface area contributed by atoms with Crippen LogP contribution in [0.2, 0.25) is 0 Å². The lowest BCUT2D eigenvalue weighted by molar-refractivity contribution is 0.102. The molecule has 0 radical (unpaired) electrons. The number of hydrogen-bond acceptors (Lipinski definition) is 4. The van der Waals surface area contributed by atoms with Crippen LogP contribution in [0.15, 0.2) is 61.1 Å². The predicted octanol–water partition coefficient (Wildman–Crippen LogP) is 4.50. The first-order valence-electron chi connectivity index (χ1n) is 9.21. The summed E-state index contributed by atoms with van der Waals surface area (Å²) in [4.78, 5) is 21.9. The number of carbonyl (C=O) groups is 1. The van der Waals surface area contributed by atoms with Gasteiger partial charge in [0.15, 0.2) is 5.82 Å². The van der Waals surface area contributed by atoms with Crippen molar-refractivity contribution in [3.8, 4) is 5.82 Å². The molecule has 3 heterocycles. The number of rotatable bonds is 4. The van der Waals surface area contributed by atoms with E-state index in [1.807, 2.05) is 63.2 Å². The molecule has 0 fully saturated rings. The Balaban J connectivity index is 1.74. The van der Waals surface area contributed by atoms with E-state index in [4.69, 9.17) is 0 Å². The summed E-state index contributed by atoms with van der Waals surface area (Å²) in [6, 6.07) is 13.3. The van der Waals surface area contributed by atoms with E-state index in [-0.39, 0.29) is 11.8 Å². The van der Waals surface area contributed by atoms with Crippen LogP contribution in [-0.4, -0.2) is 25.7 Å². The van der Waals surface area contributed by atoms with E-state index in [0.717, 1.165) is 27.8 Å². The minimum absolute atomic E-state index is 0.0988. The molecule has 0 unspecified atom stereocenters. The third-order valence-electron chi connectivity index (χ3n) is 4.68. The van der Waals surface area contributed by atoms with Crippen LogP contribution < -0.4 is 5.32 Å². The second-order valence-electron chi connectivity index (χ2n) is 6.98. The zero-order valence-electron chi connectivity index (χ0n) is 16.0. The number of pyridine rings is 2. The predicted molar refractivity (Wildman–Crippen MR) is 110 cm³/mol. The van der Waals surface area contributed by atoms with Gasteiger partial charge in [-0.1, -0.05) is 26.0 Å². The van der Waals surface area contributed by atoms with Gasteiger partial charge in [-0.2, -0.15) is 5.10 Å². The van der Waals surface area contributed by atoms with E-state index in [0.29, 0.717) is 11.4 Å². The minimum atomic E-state index is -0.195. The quantitative estimate of drug-likeness (QED) is 0.573. The van der Waals surface area contributed by atoms with Gasteiger partial charge in [0.05, 0.1) is 28.7 Å². The molecule has 0 saturated carbocycles. The molecule has 0 aliphatic carbocycles. The van der Waals surface area contributed by atoms with Crippen molar-refractivity contribution in [3.63, 3.8) is 0 Å². The van der Waals surface area contributed by atoms with Gasteiger partial charge in [-0.05, 0) is 48.7 Å². The monoisotopic (exact) mass is 371 g/mol. The van der Waals surface area contributed by atoms with E-state index < -0.39 is 0 Å². The molecule has 4 aromatic rings. The second kappa shape index (κ2) is 7.23. The molecular weight excluding hydrogens is 350 g/mol. The Labute approximate surface area is 163 Å². The number of hydrogen-bond donors (Lipinski definition) is 1. The first kappa shape index (κ1) is 17.9. The maximum atomic E-state index is 13.1. The molecule has 0 saturated heterocycles. The molecule has 140 valence electrons. The Hall–Kier alpha value is -3.54. The summed E-state index contributed by atoms with van der Waals surface area (Å²) in [6.45, 7) is 6.09. The molecule has 28 heavy (non-hydrogen) atoms. The average Bonchev–Trinajstić information content (AvgIpc) is 3.17. The summed E-state index contributed by atoms with van der Waals surface area (Å²) in [6.07, 6.45) is 5.08. The topological polar surface area (TPSA) is 72.7 Å². The van der Waals surface area contributed by atoms with Gasteiger partial charge < -0.3 is 5.32 Å². The zero-order valence-corrected chi connectivity index (χ0v) is 16.0. The molecule has 1 amide bonds. The van der Waals surface area contributed by atoms with E-state index in [1.165, 1.54) is 0 Å². The number of benzene rings is 1. The zero-order chi connectivity index (χ0) is 19.7. The highest BCUT2D eigenvalue weighted by Crippen LogP contribution is 2.27.